The van der Waals surface area contributed by atoms with Gasteiger partial charge in [0.15, 0.2) is 0 Å². The topological polar surface area (TPSA) is 117 Å². The van der Waals surface area contributed by atoms with Gasteiger partial charge in [-0.25, -0.2) is 0 Å². The third kappa shape index (κ3) is 11.7. The maximum absolute atomic E-state index is 12.9. The molecule has 2 aliphatic rings. The number of amides is 4. The van der Waals surface area contributed by atoms with Gasteiger partial charge in [-0.1, -0.05) is 76.3 Å². The minimum absolute atomic E-state index is 0.0381. The van der Waals surface area contributed by atoms with Crippen LogP contribution in [0.25, 0.3) is 0 Å². The summed E-state index contributed by atoms with van der Waals surface area (Å²) in [4.78, 5) is 54.1. The van der Waals surface area contributed by atoms with Gasteiger partial charge in [-0.15, -0.1) is 0 Å². The highest BCUT2D eigenvalue weighted by Gasteiger charge is 2.29. The molecule has 0 unspecified atom stereocenters. The van der Waals surface area contributed by atoms with Crippen molar-refractivity contribution >= 4 is 23.6 Å². The van der Waals surface area contributed by atoms with Crippen molar-refractivity contribution in [2.24, 2.45) is 11.8 Å². The van der Waals surface area contributed by atoms with E-state index >= 15 is 0 Å². The van der Waals surface area contributed by atoms with E-state index in [2.05, 4.69) is 62.6 Å². The minimum atomic E-state index is -0.568. The number of ether oxygens (including phenoxy) is 2. The number of carbonyl (C=O) groups excluding carboxylic acids is 4. The molecule has 0 saturated heterocycles. The summed E-state index contributed by atoms with van der Waals surface area (Å²) in [6.45, 7) is 15.8. The fourth-order valence-electron chi connectivity index (χ4n) is 5.77. The Morgan fingerprint density at radius 3 is 1.23 bits per heavy atom. The van der Waals surface area contributed by atoms with Crippen LogP contribution in [0.4, 0.5) is 0 Å². The summed E-state index contributed by atoms with van der Waals surface area (Å²) in [5.41, 5.74) is 0.950. The Hall–Kier alpha value is -4.60. The van der Waals surface area contributed by atoms with Crippen molar-refractivity contribution in [2.75, 3.05) is 14.1 Å². The molecule has 284 valence electrons. The highest BCUT2D eigenvalue weighted by atomic mass is 16.5. The van der Waals surface area contributed by atoms with Crippen LogP contribution in [0.2, 0.25) is 0 Å². The van der Waals surface area contributed by atoms with E-state index in [4.69, 9.17) is 9.47 Å². The summed E-state index contributed by atoms with van der Waals surface area (Å²) >= 11 is 0. The Morgan fingerprint density at radius 2 is 0.885 bits per heavy atom. The first-order valence-electron chi connectivity index (χ1n) is 18.6. The van der Waals surface area contributed by atoms with Crippen molar-refractivity contribution in [1.82, 2.24) is 20.4 Å². The van der Waals surface area contributed by atoms with Crippen molar-refractivity contribution < 1.29 is 28.7 Å². The second-order valence-corrected chi connectivity index (χ2v) is 14.6. The Morgan fingerprint density at radius 1 is 0.558 bits per heavy atom. The number of carbonyl (C=O) groups is 4. The van der Waals surface area contributed by atoms with E-state index in [-0.39, 0.29) is 47.9 Å². The van der Waals surface area contributed by atoms with E-state index in [1.165, 1.54) is 9.80 Å². The summed E-state index contributed by atoms with van der Waals surface area (Å²) in [6, 6.07) is 13.3. The predicted octanol–water partition coefficient (Wildman–Crippen LogP) is 6.81. The molecule has 0 spiro atoms. The van der Waals surface area contributed by atoms with E-state index in [1.807, 2.05) is 26.0 Å². The van der Waals surface area contributed by atoms with Gasteiger partial charge in [0.25, 0.3) is 11.8 Å². The minimum Gasteiger partial charge on any atom is -0.490 e. The fraction of sp³-hybridized carbons (Fsp3) is 0.524. The summed E-state index contributed by atoms with van der Waals surface area (Å²) in [5, 5.41) is 6.18. The van der Waals surface area contributed by atoms with Gasteiger partial charge >= 0.3 is 0 Å². The normalized spacial score (nSPS) is 26.5. The Kier molecular flexibility index (Phi) is 16.0. The van der Waals surface area contributed by atoms with Crippen LogP contribution in [0, 0.1) is 11.8 Å². The average Bonchev–Trinajstić information content (AvgIpc) is 3.11. The van der Waals surface area contributed by atoms with Gasteiger partial charge in [0.2, 0.25) is 11.8 Å². The van der Waals surface area contributed by atoms with Gasteiger partial charge in [-0.05, 0) is 76.6 Å². The van der Waals surface area contributed by atoms with Crippen LogP contribution >= 0.6 is 0 Å². The first kappa shape index (κ1) is 41.8. The smallest absolute Gasteiger partial charge is 0.258 e. The summed E-state index contributed by atoms with van der Waals surface area (Å²) in [5.74, 6) is 0.991. The van der Waals surface area contributed by atoms with Gasteiger partial charge in [0.1, 0.15) is 23.6 Å². The van der Waals surface area contributed by atoms with E-state index < -0.39 is 12.1 Å². The molecule has 2 aromatic carbocycles. The molecule has 2 N–H and O–H groups in total. The largest absolute Gasteiger partial charge is 0.490 e. The van der Waals surface area contributed by atoms with Crippen molar-refractivity contribution in [3.05, 3.63) is 84.0 Å². The average molecular weight is 717 g/mol. The molecule has 0 bridgehead atoms. The second kappa shape index (κ2) is 19.9. The van der Waals surface area contributed by atoms with E-state index in [0.29, 0.717) is 34.5 Å². The predicted molar refractivity (Wildman–Crippen MR) is 206 cm³/mol. The maximum Gasteiger partial charge on any atom is 0.258 e. The number of para-hydroxylation sites is 2. The highest BCUT2D eigenvalue weighted by molar-refractivity contribution is 6.00. The van der Waals surface area contributed by atoms with Crippen LogP contribution in [0.15, 0.2) is 72.8 Å². The zero-order chi connectivity index (χ0) is 38.5. The molecule has 0 aromatic heterocycles. The fourth-order valence-corrected chi connectivity index (χ4v) is 5.77. The number of likely N-dealkylation sites (N-methyl/N-ethyl adjacent to an activating group) is 2. The van der Waals surface area contributed by atoms with Crippen molar-refractivity contribution in [3.8, 4) is 11.5 Å². The number of hydrogen-bond acceptors (Lipinski definition) is 6. The van der Waals surface area contributed by atoms with Gasteiger partial charge in [0.05, 0.1) is 23.3 Å². The van der Waals surface area contributed by atoms with Gasteiger partial charge in [-0.3, -0.25) is 19.2 Å². The molecule has 2 aromatic rings. The highest BCUT2D eigenvalue weighted by Crippen LogP contribution is 2.25. The molecule has 10 nitrogen and oxygen atoms in total. The lowest BCUT2D eigenvalue weighted by Crippen LogP contribution is -2.50. The van der Waals surface area contributed by atoms with Crippen LogP contribution in [-0.4, -0.2) is 83.9 Å². The number of rotatable bonds is 2. The summed E-state index contributed by atoms with van der Waals surface area (Å²) in [6.07, 6.45) is 11.3. The molecular weight excluding hydrogens is 656 g/mol. The molecule has 0 aliphatic carbocycles. The molecule has 4 rings (SSSR count). The van der Waals surface area contributed by atoms with Crippen molar-refractivity contribution in [2.45, 2.75) is 117 Å². The molecular formula is C42H60N4O6. The SMILES string of the molecule is CC(C)[C@H]1C/C=C/C[C@@H](C)Oc2ccccc2C(=O)N(C)[C@H](C)C(=O)N1.CC(C)[C@H]1C/C=C\C[C@@H](C)Oc2ccccc2C(=O)N(C)[C@H](C)C(=O)N1. The van der Waals surface area contributed by atoms with Crippen molar-refractivity contribution in [1.29, 1.82) is 0 Å². The molecule has 0 fully saturated rings. The molecule has 52 heavy (non-hydrogen) atoms. The lowest BCUT2D eigenvalue weighted by molar-refractivity contribution is -0.126. The number of fused-ring (bicyclic) bond motifs is 2. The lowest BCUT2D eigenvalue weighted by Gasteiger charge is -2.29. The van der Waals surface area contributed by atoms with E-state index in [9.17, 15) is 19.2 Å². The number of nitrogens with one attached hydrogen (secondary N) is 2. The Balaban J connectivity index is 0.000000280. The van der Waals surface area contributed by atoms with Gasteiger partial charge in [-0.2, -0.15) is 0 Å². The standard InChI is InChI=1S/2C21H30N2O3/c2*1-14(2)18-12-8-6-10-15(3)26-19-13-9-7-11-17(19)21(25)23(5)16(4)20(24)22-18/h2*6-9,11,13-16,18H,10,12H2,1-5H3,(H,22,24)/b8-6+;8-6-/t2*15-,16-,18-/m11/s1. The van der Waals surface area contributed by atoms with Crippen molar-refractivity contribution in [3.63, 3.8) is 0 Å². The monoisotopic (exact) mass is 716 g/mol. The van der Waals surface area contributed by atoms with Crippen LogP contribution in [0.3, 0.4) is 0 Å². The third-order valence-electron chi connectivity index (χ3n) is 9.77. The molecule has 10 heteroatoms. The second-order valence-electron chi connectivity index (χ2n) is 14.6. The van der Waals surface area contributed by atoms with Crippen LogP contribution < -0.4 is 20.1 Å². The zero-order valence-electron chi connectivity index (χ0n) is 32.7. The van der Waals surface area contributed by atoms with Crippen LogP contribution in [0.5, 0.6) is 11.5 Å². The maximum atomic E-state index is 12.9. The molecule has 0 saturated carbocycles. The Labute approximate surface area is 311 Å². The number of hydrogen-bond donors (Lipinski definition) is 2. The van der Waals surface area contributed by atoms with Gasteiger partial charge in [0, 0.05) is 39.0 Å². The summed E-state index contributed by atoms with van der Waals surface area (Å²) < 4.78 is 12.0. The third-order valence-corrected chi connectivity index (χ3v) is 9.77. The summed E-state index contributed by atoms with van der Waals surface area (Å²) in [7, 11) is 3.31. The molecule has 4 amide bonds. The first-order chi connectivity index (χ1) is 24.6. The zero-order valence-corrected chi connectivity index (χ0v) is 32.7. The van der Waals surface area contributed by atoms with Gasteiger partial charge < -0.3 is 29.9 Å². The Bertz CT molecular complexity index is 1450. The lowest BCUT2D eigenvalue weighted by atomic mass is 9.99. The molecule has 2 aliphatic heterocycles. The number of benzene rings is 2. The van der Waals surface area contributed by atoms with Crippen LogP contribution in [-0.2, 0) is 9.59 Å². The molecule has 6 atom stereocenters. The molecule has 0 radical (unpaired) electrons. The van der Waals surface area contributed by atoms with E-state index in [1.54, 1.807) is 64.3 Å². The quantitative estimate of drug-likeness (QED) is 0.330. The van der Waals surface area contributed by atoms with Crippen LogP contribution in [0.1, 0.15) is 102 Å². The first-order valence-corrected chi connectivity index (χ1v) is 18.6. The number of nitrogens with zero attached hydrogens (tertiary/aromatic N) is 2. The van der Waals surface area contributed by atoms with E-state index in [0.717, 1.165) is 25.7 Å². The molecule has 2 heterocycles.